The molecule has 4 heteroatoms. The molecule has 0 aliphatic carbocycles. The van der Waals surface area contributed by atoms with E-state index in [0.29, 0.717) is 0 Å². The fourth-order valence-electron chi connectivity index (χ4n) is 1.42. The topological polar surface area (TPSA) is 49.4 Å². The number of carbonyl (C=O) groups is 1. The largest absolute Gasteiger partial charge is 0.554 e. The molecule has 0 aromatic heterocycles. The van der Waals surface area contributed by atoms with Gasteiger partial charge < -0.3 is 19.1 Å². The van der Waals surface area contributed by atoms with Crippen LogP contribution in [-0.4, -0.2) is 45.2 Å². The quantitative estimate of drug-likeness (QED) is 0.573. The van der Waals surface area contributed by atoms with E-state index in [4.69, 9.17) is 14.6 Å². The molecule has 18 heavy (non-hydrogen) atoms. The number of quaternary nitrogens is 1. The van der Waals surface area contributed by atoms with Gasteiger partial charge in [0.25, 0.3) is 0 Å². The predicted octanol–water partition coefficient (Wildman–Crippen LogP) is 0.700. The van der Waals surface area contributed by atoms with Crippen molar-refractivity contribution in [2.45, 2.75) is 13.3 Å². The third-order valence-corrected chi connectivity index (χ3v) is 2.28. The lowest BCUT2D eigenvalue weighted by Gasteiger charge is -2.23. The number of hydrogen-bond acceptors (Lipinski definition) is 3. The molecule has 0 amide bonds. The average Bonchev–Trinajstić information content (AvgIpc) is 2.28. The summed E-state index contributed by atoms with van der Waals surface area (Å²) in [6, 6.07) is 8.38. The summed E-state index contributed by atoms with van der Waals surface area (Å²) in [5.74, 6) is 0.983. The van der Waals surface area contributed by atoms with E-state index in [2.05, 4.69) is 39.3 Å². The second kappa shape index (κ2) is 8.53. The second-order valence-electron chi connectivity index (χ2n) is 4.94. The van der Waals surface area contributed by atoms with Gasteiger partial charge in [0.15, 0.2) is 0 Å². The number of nitrogens with zero attached hydrogens (tertiary/aromatic N) is 1. The van der Waals surface area contributed by atoms with Gasteiger partial charge in [0.2, 0.25) is 0 Å². The van der Waals surface area contributed by atoms with Crippen LogP contribution in [-0.2, 0) is 11.2 Å². The third kappa shape index (κ3) is 8.58. The van der Waals surface area contributed by atoms with Gasteiger partial charge in [-0.25, -0.2) is 0 Å². The highest BCUT2D eigenvalue weighted by atomic mass is 16.5. The first-order chi connectivity index (χ1) is 8.42. The van der Waals surface area contributed by atoms with Gasteiger partial charge >= 0.3 is 0 Å². The van der Waals surface area contributed by atoms with Crippen molar-refractivity contribution in [1.82, 2.24) is 0 Å². The van der Waals surface area contributed by atoms with Gasteiger partial charge in [-0.05, 0) is 24.6 Å². The Hall–Kier alpha value is -1.55. The van der Waals surface area contributed by atoms with Crippen LogP contribution in [0.1, 0.15) is 12.5 Å². The number of ether oxygens (including phenoxy) is 1. The lowest BCUT2D eigenvalue weighted by atomic mass is 10.1. The van der Waals surface area contributed by atoms with Crippen LogP contribution in [0.3, 0.4) is 0 Å². The van der Waals surface area contributed by atoms with E-state index in [0.717, 1.165) is 29.8 Å². The van der Waals surface area contributed by atoms with Crippen LogP contribution in [0.2, 0.25) is 0 Å². The molecule has 1 rings (SSSR count). The zero-order chi connectivity index (χ0) is 14.0. The highest BCUT2D eigenvalue weighted by Gasteiger charge is 2.07. The Morgan fingerprint density at radius 3 is 2.44 bits per heavy atom. The maximum absolute atomic E-state index is 8.25. The van der Waals surface area contributed by atoms with Crippen molar-refractivity contribution in [2.24, 2.45) is 0 Å². The first-order valence-electron chi connectivity index (χ1n) is 6.00. The smallest absolute Gasteiger partial charge is 0.119 e. The number of likely N-dealkylation sites (N-methyl/N-ethyl adjacent to an activating group) is 1. The highest BCUT2D eigenvalue weighted by Crippen LogP contribution is 2.14. The van der Waals surface area contributed by atoms with E-state index in [1.165, 1.54) is 5.56 Å². The monoisotopic (exact) mass is 253 g/mol. The van der Waals surface area contributed by atoms with Crippen LogP contribution in [0.25, 0.3) is 0 Å². The lowest BCUT2D eigenvalue weighted by Crippen LogP contribution is -2.36. The van der Waals surface area contributed by atoms with Crippen LogP contribution in [0, 0.1) is 0 Å². The lowest BCUT2D eigenvalue weighted by molar-refractivity contribution is -0.870. The Balaban J connectivity index is 0.000000873. The maximum Gasteiger partial charge on any atom is 0.119 e. The van der Waals surface area contributed by atoms with Crippen molar-refractivity contribution in [3.63, 3.8) is 0 Å². The summed E-state index contributed by atoms with van der Waals surface area (Å²) in [7, 11) is 6.64. The van der Waals surface area contributed by atoms with Gasteiger partial charge in [0, 0.05) is 12.9 Å². The molecule has 0 unspecified atom stereocenters. The standard InChI is InChI=1S/C13H22NO.CH2O2/c1-5-15-13-8-6-7-12(11-13)9-10-14(2,3)4;2-1-3/h6-8,11H,5,9-10H2,1-4H3;1H,(H,2,3)/q+1;/p-1. The first kappa shape index (κ1) is 16.4. The van der Waals surface area contributed by atoms with Crippen LogP contribution in [0.5, 0.6) is 5.75 Å². The summed E-state index contributed by atoms with van der Waals surface area (Å²) in [4.78, 5) is 8.25. The van der Waals surface area contributed by atoms with Gasteiger partial charge in [0.05, 0.1) is 34.3 Å². The molecular weight excluding hydrogens is 230 g/mol. The SMILES string of the molecule is CCOc1cccc(CC[N+](C)(C)C)c1.O=C[O-]. The molecule has 1 aromatic carbocycles. The average molecular weight is 253 g/mol. The van der Waals surface area contributed by atoms with Gasteiger partial charge in [-0.1, -0.05) is 12.1 Å². The summed E-state index contributed by atoms with van der Waals surface area (Å²) < 4.78 is 6.47. The van der Waals surface area contributed by atoms with E-state index in [1.54, 1.807) is 0 Å². The van der Waals surface area contributed by atoms with Crippen LogP contribution < -0.4 is 9.84 Å². The molecule has 0 N–H and O–H groups in total. The fourth-order valence-corrected chi connectivity index (χ4v) is 1.42. The minimum absolute atomic E-state index is 0.500. The van der Waals surface area contributed by atoms with E-state index < -0.39 is 6.47 Å². The molecule has 0 bridgehead atoms. The van der Waals surface area contributed by atoms with Crippen LogP contribution >= 0.6 is 0 Å². The minimum atomic E-state index is -0.500. The first-order valence-corrected chi connectivity index (χ1v) is 6.00. The van der Waals surface area contributed by atoms with Crippen molar-refractivity contribution in [3.05, 3.63) is 29.8 Å². The number of carbonyl (C=O) groups excluding carboxylic acids is 1. The van der Waals surface area contributed by atoms with Crippen LogP contribution in [0.4, 0.5) is 0 Å². The van der Waals surface area contributed by atoms with Crippen molar-refractivity contribution < 1.29 is 19.1 Å². The van der Waals surface area contributed by atoms with E-state index in [1.807, 2.05) is 13.0 Å². The molecule has 0 heterocycles. The molecule has 0 radical (unpaired) electrons. The number of hydrogen-bond donors (Lipinski definition) is 0. The Bertz CT molecular complexity index is 345. The molecule has 0 atom stereocenters. The summed E-state index contributed by atoms with van der Waals surface area (Å²) in [6.45, 7) is 3.40. The molecule has 0 fully saturated rings. The summed E-state index contributed by atoms with van der Waals surface area (Å²) in [6.07, 6.45) is 1.10. The van der Waals surface area contributed by atoms with E-state index >= 15 is 0 Å². The molecular formula is C14H23NO3. The minimum Gasteiger partial charge on any atom is -0.554 e. The van der Waals surface area contributed by atoms with Crippen molar-refractivity contribution >= 4 is 6.47 Å². The molecule has 102 valence electrons. The molecule has 0 aliphatic heterocycles. The fraction of sp³-hybridized carbons (Fsp3) is 0.500. The second-order valence-corrected chi connectivity index (χ2v) is 4.94. The summed E-state index contributed by atoms with van der Waals surface area (Å²) >= 11 is 0. The Morgan fingerprint density at radius 2 is 1.94 bits per heavy atom. The van der Waals surface area contributed by atoms with Gasteiger partial charge in [-0.15, -0.1) is 0 Å². The van der Waals surface area contributed by atoms with Crippen LogP contribution in [0.15, 0.2) is 24.3 Å². The number of benzene rings is 1. The summed E-state index contributed by atoms with van der Waals surface area (Å²) in [5.41, 5.74) is 1.36. The van der Waals surface area contributed by atoms with Crippen molar-refractivity contribution in [2.75, 3.05) is 34.3 Å². The van der Waals surface area contributed by atoms with E-state index in [-0.39, 0.29) is 0 Å². The Morgan fingerprint density at radius 1 is 1.33 bits per heavy atom. The van der Waals surface area contributed by atoms with Gasteiger partial charge in [0.1, 0.15) is 5.75 Å². The van der Waals surface area contributed by atoms with Crippen molar-refractivity contribution in [3.8, 4) is 5.75 Å². The molecule has 4 nitrogen and oxygen atoms in total. The predicted molar refractivity (Wildman–Crippen MR) is 70.3 cm³/mol. The van der Waals surface area contributed by atoms with Crippen molar-refractivity contribution in [1.29, 1.82) is 0 Å². The molecule has 0 saturated heterocycles. The zero-order valence-corrected chi connectivity index (χ0v) is 11.7. The highest BCUT2D eigenvalue weighted by molar-refractivity contribution is 5.29. The molecule has 0 saturated carbocycles. The Kier molecular flexibility index (Phi) is 7.79. The Labute approximate surface area is 109 Å². The maximum atomic E-state index is 8.25. The summed E-state index contributed by atoms with van der Waals surface area (Å²) in [5, 5.41) is 8.25. The molecule has 0 aliphatic rings. The third-order valence-electron chi connectivity index (χ3n) is 2.28. The molecule has 1 aromatic rings. The van der Waals surface area contributed by atoms with Gasteiger partial charge in [-0.2, -0.15) is 0 Å². The number of carboxylic acid groups (broad SMARTS) is 1. The van der Waals surface area contributed by atoms with E-state index in [9.17, 15) is 0 Å². The normalized spacial score (nSPS) is 10.2. The number of rotatable bonds is 5. The molecule has 0 spiro atoms. The van der Waals surface area contributed by atoms with Gasteiger partial charge in [-0.3, -0.25) is 0 Å². The zero-order valence-electron chi connectivity index (χ0n) is 11.7.